The number of hydrogen-bond acceptors (Lipinski definition) is 2. The molecule has 1 N–H and O–H groups in total. The van der Waals surface area contributed by atoms with Crippen LogP contribution < -0.4 is 5.32 Å². The van der Waals surface area contributed by atoms with E-state index in [1.165, 1.54) is 6.92 Å². The van der Waals surface area contributed by atoms with Crippen molar-refractivity contribution >= 4 is 11.7 Å². The third-order valence-electron chi connectivity index (χ3n) is 1.32. The number of ketones is 1. The summed E-state index contributed by atoms with van der Waals surface area (Å²) in [4.78, 5) is 20.8. The minimum atomic E-state index is -0.541. The van der Waals surface area contributed by atoms with Gasteiger partial charge in [0.2, 0.25) is 5.91 Å². The van der Waals surface area contributed by atoms with Crippen LogP contribution >= 0.6 is 0 Å². The maximum Gasteiger partial charge on any atom is 0.224 e. The summed E-state index contributed by atoms with van der Waals surface area (Å²) < 4.78 is 0. The van der Waals surface area contributed by atoms with Crippen LogP contribution in [0.5, 0.6) is 0 Å². The van der Waals surface area contributed by atoms with Gasteiger partial charge in [-0.05, 0) is 20.3 Å². The molecule has 0 bridgehead atoms. The summed E-state index contributed by atoms with van der Waals surface area (Å²) in [7, 11) is 0. The number of carbonyl (C=O) groups is 2. The van der Waals surface area contributed by atoms with E-state index in [0.717, 1.165) is 0 Å². The van der Waals surface area contributed by atoms with Crippen molar-refractivity contribution in [2.45, 2.75) is 32.7 Å². The van der Waals surface area contributed by atoms with Gasteiger partial charge in [0.15, 0.2) is 0 Å². The second-order valence-electron chi connectivity index (χ2n) is 2.65. The molecule has 2 radical (unpaired) electrons. The van der Waals surface area contributed by atoms with Crippen LogP contribution in [0.1, 0.15) is 26.7 Å². The monoisotopic (exact) mass is 155 g/mol. The number of rotatable bonds is 4. The van der Waals surface area contributed by atoms with E-state index in [9.17, 15) is 9.59 Å². The van der Waals surface area contributed by atoms with E-state index < -0.39 is 5.91 Å². The zero-order chi connectivity index (χ0) is 8.85. The first-order valence-corrected chi connectivity index (χ1v) is 3.57. The van der Waals surface area contributed by atoms with Gasteiger partial charge in [0, 0.05) is 12.5 Å². The van der Waals surface area contributed by atoms with Crippen molar-refractivity contribution in [2.24, 2.45) is 0 Å². The van der Waals surface area contributed by atoms with E-state index in [1.807, 2.05) is 6.92 Å². The lowest BCUT2D eigenvalue weighted by Crippen LogP contribution is -2.30. The molecule has 0 heterocycles. The summed E-state index contributed by atoms with van der Waals surface area (Å²) in [5, 5.41) is 2.48. The van der Waals surface area contributed by atoms with Crippen molar-refractivity contribution in [3.8, 4) is 0 Å². The summed E-state index contributed by atoms with van der Waals surface area (Å²) in [6, 6.07) is -0.0172. The van der Waals surface area contributed by atoms with Crippen LogP contribution in [-0.2, 0) is 9.59 Å². The van der Waals surface area contributed by atoms with E-state index in [0.29, 0.717) is 12.8 Å². The highest BCUT2D eigenvalue weighted by Gasteiger charge is 2.03. The van der Waals surface area contributed by atoms with Crippen molar-refractivity contribution in [3.63, 3.8) is 0 Å². The van der Waals surface area contributed by atoms with E-state index in [4.69, 9.17) is 6.92 Å². The zero-order valence-electron chi connectivity index (χ0n) is 6.89. The summed E-state index contributed by atoms with van der Waals surface area (Å²) in [5.74, 6) is -0.413. The Balaban J connectivity index is 3.44. The second kappa shape index (κ2) is 4.88. The average Bonchev–Trinajstić information content (AvgIpc) is 1.82. The van der Waals surface area contributed by atoms with E-state index in [2.05, 4.69) is 5.32 Å². The van der Waals surface area contributed by atoms with Crippen molar-refractivity contribution in [2.75, 3.05) is 0 Å². The fourth-order valence-corrected chi connectivity index (χ4v) is 0.735. The molecule has 0 aromatic rings. The van der Waals surface area contributed by atoms with Gasteiger partial charge in [0.05, 0.1) is 6.92 Å². The predicted molar refractivity (Wildman–Crippen MR) is 41.8 cm³/mol. The number of hydrogen-bond donors (Lipinski definition) is 1. The molecule has 1 unspecified atom stereocenters. The molecule has 0 saturated heterocycles. The van der Waals surface area contributed by atoms with Gasteiger partial charge in [-0.15, -0.1) is 0 Å². The first kappa shape index (κ1) is 10.1. The van der Waals surface area contributed by atoms with Gasteiger partial charge in [0.1, 0.15) is 5.78 Å². The molecule has 0 fully saturated rings. The maximum atomic E-state index is 10.5. The molecule has 3 nitrogen and oxygen atoms in total. The minimum absolute atomic E-state index is 0.0172. The molecular formula is C8H13NO2. The van der Waals surface area contributed by atoms with E-state index >= 15 is 0 Å². The lowest BCUT2D eigenvalue weighted by molar-refractivity contribution is -0.119. The van der Waals surface area contributed by atoms with Gasteiger partial charge in [-0.25, -0.2) is 0 Å². The Kier molecular flexibility index (Phi) is 4.50. The molecule has 1 amide bonds. The number of nitrogens with one attached hydrogen (secondary N) is 1. The summed E-state index contributed by atoms with van der Waals surface area (Å²) in [6.45, 7) is 8.20. The highest BCUT2D eigenvalue weighted by Crippen LogP contribution is 1.96. The SMILES string of the molecule is [CH]C(=O)NC(C)CCC(C)=O. The molecule has 0 aliphatic rings. The highest BCUT2D eigenvalue weighted by atomic mass is 16.1. The third kappa shape index (κ3) is 7.03. The highest BCUT2D eigenvalue weighted by molar-refractivity contribution is 5.80. The average molecular weight is 155 g/mol. The van der Waals surface area contributed by atoms with Crippen molar-refractivity contribution in [3.05, 3.63) is 6.92 Å². The third-order valence-corrected chi connectivity index (χ3v) is 1.32. The smallest absolute Gasteiger partial charge is 0.224 e. The normalized spacial score (nSPS) is 12.3. The Morgan fingerprint density at radius 1 is 1.55 bits per heavy atom. The summed E-state index contributed by atoms with van der Waals surface area (Å²) in [6.07, 6.45) is 1.14. The minimum Gasteiger partial charge on any atom is -0.353 e. The van der Waals surface area contributed by atoms with Gasteiger partial charge < -0.3 is 10.1 Å². The zero-order valence-corrected chi connectivity index (χ0v) is 6.89. The standard InChI is InChI=1S/C8H13NO2/c1-6(9-8(3)11)4-5-7(2)10/h3,6H,4-5H2,1-2H3,(H,9,11). The van der Waals surface area contributed by atoms with Crippen LogP contribution in [0.2, 0.25) is 0 Å². The van der Waals surface area contributed by atoms with Crippen molar-refractivity contribution in [1.82, 2.24) is 5.32 Å². The molecule has 0 aliphatic heterocycles. The van der Waals surface area contributed by atoms with E-state index in [1.54, 1.807) is 0 Å². The van der Waals surface area contributed by atoms with Crippen LogP contribution in [-0.4, -0.2) is 17.7 Å². The number of amides is 1. The van der Waals surface area contributed by atoms with Gasteiger partial charge in [-0.2, -0.15) is 0 Å². The topological polar surface area (TPSA) is 46.2 Å². The van der Waals surface area contributed by atoms with Gasteiger partial charge in [-0.3, -0.25) is 4.79 Å². The second-order valence-corrected chi connectivity index (χ2v) is 2.65. The molecular weight excluding hydrogens is 142 g/mol. The summed E-state index contributed by atoms with van der Waals surface area (Å²) >= 11 is 0. The first-order chi connectivity index (χ1) is 5.02. The first-order valence-electron chi connectivity index (χ1n) is 3.57. The summed E-state index contributed by atoms with van der Waals surface area (Å²) in [5.41, 5.74) is 0. The molecule has 1 atom stereocenters. The Hall–Kier alpha value is -0.860. The molecule has 0 rings (SSSR count). The van der Waals surface area contributed by atoms with E-state index in [-0.39, 0.29) is 11.8 Å². The lowest BCUT2D eigenvalue weighted by atomic mass is 10.1. The molecule has 0 aromatic heterocycles. The molecule has 0 spiro atoms. The number of Topliss-reactive ketones (excluding diaryl/α,β-unsaturated/α-hetero) is 1. The molecule has 0 aromatic carbocycles. The van der Waals surface area contributed by atoms with Crippen LogP contribution in [0.15, 0.2) is 0 Å². The van der Waals surface area contributed by atoms with Crippen molar-refractivity contribution in [1.29, 1.82) is 0 Å². The quantitative estimate of drug-likeness (QED) is 0.645. The fraction of sp³-hybridized carbons (Fsp3) is 0.625. The Morgan fingerprint density at radius 2 is 2.09 bits per heavy atom. The van der Waals surface area contributed by atoms with Crippen LogP contribution in [0.4, 0.5) is 0 Å². The van der Waals surface area contributed by atoms with Crippen molar-refractivity contribution < 1.29 is 9.59 Å². The van der Waals surface area contributed by atoms with Gasteiger partial charge in [-0.1, -0.05) is 0 Å². The Bertz CT molecular complexity index is 154. The Morgan fingerprint density at radius 3 is 2.45 bits per heavy atom. The molecule has 3 heteroatoms. The molecule has 0 aliphatic carbocycles. The van der Waals surface area contributed by atoms with Crippen LogP contribution in [0.3, 0.4) is 0 Å². The maximum absolute atomic E-state index is 10.5. The molecule has 0 saturated carbocycles. The van der Waals surface area contributed by atoms with Crippen LogP contribution in [0, 0.1) is 6.92 Å². The molecule has 11 heavy (non-hydrogen) atoms. The number of carbonyl (C=O) groups excluding carboxylic acids is 2. The Labute approximate surface area is 67.2 Å². The largest absolute Gasteiger partial charge is 0.353 e. The predicted octanol–water partition coefficient (Wildman–Crippen LogP) is 0.571. The molecule has 62 valence electrons. The van der Waals surface area contributed by atoms with Crippen LogP contribution in [0.25, 0.3) is 0 Å². The van der Waals surface area contributed by atoms with Gasteiger partial charge in [0.25, 0.3) is 0 Å². The fourth-order valence-electron chi connectivity index (χ4n) is 0.735. The van der Waals surface area contributed by atoms with Gasteiger partial charge >= 0.3 is 0 Å². The lowest BCUT2D eigenvalue weighted by Gasteiger charge is -2.09.